The van der Waals surface area contributed by atoms with Crippen LogP contribution in [0.15, 0.2) is 6.07 Å². The molecule has 0 spiro atoms. The summed E-state index contributed by atoms with van der Waals surface area (Å²) in [6.07, 6.45) is 3.59. The van der Waals surface area contributed by atoms with Crippen LogP contribution in [0.4, 0.5) is 0 Å². The summed E-state index contributed by atoms with van der Waals surface area (Å²) in [6, 6.07) is 2.20. The van der Waals surface area contributed by atoms with Gasteiger partial charge in [0.2, 0.25) is 5.91 Å². The first-order valence-electron chi connectivity index (χ1n) is 9.99. The summed E-state index contributed by atoms with van der Waals surface area (Å²) in [4.78, 5) is 16.8. The Morgan fingerprint density at radius 2 is 2.04 bits per heavy atom. The van der Waals surface area contributed by atoms with E-state index in [1.807, 2.05) is 4.90 Å². The average molecular weight is 362 g/mol. The molecule has 144 valence electrons. The number of ether oxygens (including phenoxy) is 2. The third-order valence-corrected chi connectivity index (χ3v) is 5.64. The molecule has 1 aromatic rings. The van der Waals surface area contributed by atoms with Gasteiger partial charge in [-0.15, -0.1) is 0 Å². The monoisotopic (exact) mass is 362 g/mol. The maximum absolute atomic E-state index is 12.3. The molecule has 0 bridgehead atoms. The number of amides is 1. The number of rotatable bonds is 5. The van der Waals surface area contributed by atoms with Crippen LogP contribution in [0.3, 0.4) is 0 Å². The zero-order chi connectivity index (χ0) is 17.8. The van der Waals surface area contributed by atoms with Gasteiger partial charge in [-0.1, -0.05) is 0 Å². The molecule has 26 heavy (non-hydrogen) atoms. The van der Waals surface area contributed by atoms with Crippen molar-refractivity contribution in [2.45, 2.75) is 38.8 Å². The van der Waals surface area contributed by atoms with Crippen molar-refractivity contribution < 1.29 is 14.3 Å². The Kier molecular flexibility index (Phi) is 5.87. The van der Waals surface area contributed by atoms with Crippen molar-refractivity contribution in [2.24, 2.45) is 5.92 Å². The van der Waals surface area contributed by atoms with Gasteiger partial charge in [-0.05, 0) is 24.8 Å². The van der Waals surface area contributed by atoms with Gasteiger partial charge in [0.1, 0.15) is 0 Å². The van der Waals surface area contributed by atoms with Crippen LogP contribution in [0, 0.1) is 5.92 Å². The first-order chi connectivity index (χ1) is 12.8. The molecule has 1 unspecified atom stereocenters. The van der Waals surface area contributed by atoms with E-state index < -0.39 is 0 Å². The molecule has 7 heteroatoms. The van der Waals surface area contributed by atoms with E-state index in [9.17, 15) is 4.79 Å². The fourth-order valence-electron chi connectivity index (χ4n) is 4.16. The van der Waals surface area contributed by atoms with Crippen molar-refractivity contribution in [2.75, 3.05) is 52.6 Å². The van der Waals surface area contributed by atoms with Crippen LogP contribution in [-0.2, 0) is 33.8 Å². The molecule has 1 atom stereocenters. The average Bonchev–Trinajstić information content (AvgIpc) is 3.27. The first kappa shape index (κ1) is 17.9. The van der Waals surface area contributed by atoms with Crippen LogP contribution in [0.1, 0.15) is 30.7 Å². The molecule has 1 amide bonds. The molecular weight excluding hydrogens is 332 g/mol. The summed E-state index contributed by atoms with van der Waals surface area (Å²) in [5, 5.41) is 4.76. The van der Waals surface area contributed by atoms with Crippen LogP contribution in [0.25, 0.3) is 0 Å². The lowest BCUT2D eigenvalue weighted by molar-refractivity contribution is -0.135. The van der Waals surface area contributed by atoms with Crippen LogP contribution in [-0.4, -0.2) is 78.1 Å². The molecular formula is C19H30N4O3. The Morgan fingerprint density at radius 3 is 2.85 bits per heavy atom. The minimum absolute atomic E-state index is 0.222. The topological polar surface area (TPSA) is 59.8 Å². The van der Waals surface area contributed by atoms with Gasteiger partial charge in [0, 0.05) is 58.7 Å². The molecule has 4 rings (SSSR count). The Bertz CT molecular complexity index is 606. The quantitative estimate of drug-likeness (QED) is 0.779. The standard InChI is InChI=1S/C19H30N4O3/c24-19(22-7-10-25-11-8-22)3-2-17-12-18-14-21(5-1-6-23(18)20-17)13-16-4-9-26-15-16/h12,16H,1-11,13-15H2. The van der Waals surface area contributed by atoms with E-state index in [0.29, 0.717) is 25.6 Å². The zero-order valence-corrected chi connectivity index (χ0v) is 15.6. The molecule has 7 nitrogen and oxygen atoms in total. The predicted molar refractivity (Wildman–Crippen MR) is 96.8 cm³/mol. The number of carbonyl (C=O) groups excluding carboxylic acids is 1. The second kappa shape index (κ2) is 8.50. The second-order valence-electron chi connectivity index (χ2n) is 7.66. The van der Waals surface area contributed by atoms with Crippen molar-refractivity contribution in [3.05, 3.63) is 17.5 Å². The lowest BCUT2D eigenvalue weighted by Crippen LogP contribution is -2.40. The Balaban J connectivity index is 1.31. The van der Waals surface area contributed by atoms with Gasteiger partial charge in [-0.3, -0.25) is 14.4 Å². The van der Waals surface area contributed by atoms with E-state index in [0.717, 1.165) is 71.0 Å². The van der Waals surface area contributed by atoms with Gasteiger partial charge in [0.25, 0.3) is 0 Å². The summed E-state index contributed by atoms with van der Waals surface area (Å²) in [6.45, 7) is 8.77. The molecule has 4 heterocycles. The minimum atomic E-state index is 0.222. The molecule has 2 fully saturated rings. The third-order valence-electron chi connectivity index (χ3n) is 5.64. The lowest BCUT2D eigenvalue weighted by atomic mass is 10.1. The highest BCUT2D eigenvalue weighted by Gasteiger charge is 2.23. The summed E-state index contributed by atoms with van der Waals surface area (Å²) in [5.74, 6) is 0.898. The summed E-state index contributed by atoms with van der Waals surface area (Å²) in [7, 11) is 0. The van der Waals surface area contributed by atoms with E-state index in [4.69, 9.17) is 14.6 Å². The number of aromatic nitrogens is 2. The van der Waals surface area contributed by atoms with E-state index in [1.165, 1.54) is 12.1 Å². The molecule has 0 aromatic carbocycles. The smallest absolute Gasteiger partial charge is 0.223 e. The van der Waals surface area contributed by atoms with Crippen LogP contribution in [0.5, 0.6) is 0 Å². The Morgan fingerprint density at radius 1 is 1.15 bits per heavy atom. The van der Waals surface area contributed by atoms with Crippen LogP contribution < -0.4 is 0 Å². The maximum atomic E-state index is 12.3. The summed E-state index contributed by atoms with van der Waals surface area (Å²) < 4.78 is 13.0. The van der Waals surface area contributed by atoms with Crippen molar-refractivity contribution in [3.8, 4) is 0 Å². The predicted octanol–water partition coefficient (Wildman–Crippen LogP) is 0.917. The highest BCUT2D eigenvalue weighted by atomic mass is 16.5. The highest BCUT2D eigenvalue weighted by molar-refractivity contribution is 5.76. The third kappa shape index (κ3) is 4.45. The lowest BCUT2D eigenvalue weighted by Gasteiger charge is -2.26. The van der Waals surface area contributed by atoms with Crippen LogP contribution >= 0.6 is 0 Å². The second-order valence-corrected chi connectivity index (χ2v) is 7.66. The molecule has 0 radical (unpaired) electrons. The molecule has 2 saturated heterocycles. The summed E-state index contributed by atoms with van der Waals surface area (Å²) in [5.41, 5.74) is 2.34. The number of nitrogens with zero attached hydrogens (tertiary/aromatic N) is 4. The Labute approximate surface area is 155 Å². The molecule has 3 aliphatic heterocycles. The van der Waals surface area contributed by atoms with Gasteiger partial charge >= 0.3 is 0 Å². The van der Waals surface area contributed by atoms with E-state index in [-0.39, 0.29) is 5.91 Å². The van der Waals surface area contributed by atoms with Gasteiger partial charge in [0.15, 0.2) is 0 Å². The molecule has 0 N–H and O–H groups in total. The largest absolute Gasteiger partial charge is 0.381 e. The first-order valence-corrected chi connectivity index (χ1v) is 9.99. The van der Waals surface area contributed by atoms with Crippen LogP contribution in [0.2, 0.25) is 0 Å². The van der Waals surface area contributed by atoms with Gasteiger partial charge in [-0.25, -0.2) is 0 Å². The van der Waals surface area contributed by atoms with E-state index >= 15 is 0 Å². The summed E-state index contributed by atoms with van der Waals surface area (Å²) >= 11 is 0. The number of morpholine rings is 1. The van der Waals surface area contributed by atoms with E-state index in [1.54, 1.807) is 0 Å². The van der Waals surface area contributed by atoms with Crippen molar-refractivity contribution >= 4 is 5.91 Å². The minimum Gasteiger partial charge on any atom is -0.381 e. The number of carbonyl (C=O) groups is 1. The van der Waals surface area contributed by atoms with Crippen molar-refractivity contribution in [1.82, 2.24) is 19.6 Å². The van der Waals surface area contributed by atoms with Gasteiger partial charge < -0.3 is 14.4 Å². The van der Waals surface area contributed by atoms with E-state index in [2.05, 4.69) is 15.6 Å². The Hall–Kier alpha value is -1.44. The fraction of sp³-hybridized carbons (Fsp3) is 0.789. The zero-order valence-electron chi connectivity index (χ0n) is 15.6. The number of aryl methyl sites for hydroxylation is 2. The normalized spacial score (nSPS) is 24.5. The fourth-order valence-corrected chi connectivity index (χ4v) is 4.16. The van der Waals surface area contributed by atoms with Gasteiger partial charge in [-0.2, -0.15) is 5.10 Å². The maximum Gasteiger partial charge on any atom is 0.223 e. The SMILES string of the molecule is O=C(CCc1cc2n(n1)CCCN(CC1CCOC1)C2)N1CCOCC1. The molecule has 1 aromatic heterocycles. The number of fused-ring (bicyclic) bond motifs is 1. The van der Waals surface area contributed by atoms with Gasteiger partial charge in [0.05, 0.1) is 31.2 Å². The molecule has 0 saturated carbocycles. The highest BCUT2D eigenvalue weighted by Crippen LogP contribution is 2.19. The van der Waals surface area contributed by atoms with Crippen molar-refractivity contribution in [3.63, 3.8) is 0 Å². The molecule has 0 aliphatic carbocycles. The number of hydrogen-bond donors (Lipinski definition) is 0. The number of hydrogen-bond acceptors (Lipinski definition) is 5. The van der Waals surface area contributed by atoms with Crippen molar-refractivity contribution in [1.29, 1.82) is 0 Å². The molecule has 3 aliphatic rings.